The van der Waals surface area contributed by atoms with Crippen LogP contribution in [-0.2, 0) is 18.2 Å². The van der Waals surface area contributed by atoms with Gasteiger partial charge in [-0.2, -0.15) is 0 Å². The maximum absolute atomic E-state index is 11.9. The number of hydrogen-bond donors (Lipinski definition) is 0. The fourth-order valence-corrected chi connectivity index (χ4v) is 2.03. The van der Waals surface area contributed by atoms with Crippen molar-refractivity contribution in [2.45, 2.75) is 46.0 Å². The third-order valence-electron chi connectivity index (χ3n) is 2.27. The van der Waals surface area contributed by atoms with E-state index in [4.69, 9.17) is 4.74 Å². The number of esters is 1. The van der Waals surface area contributed by atoms with Gasteiger partial charge < -0.3 is 8.57 Å². The molecule has 0 aromatic rings. The zero-order valence-electron chi connectivity index (χ0n) is 10.6. The Morgan fingerprint density at radius 2 is 1.67 bits per heavy atom. The molecule has 0 rings (SSSR count). The SMILES string of the molecule is CCCCOC(=O)/C(CCCC)=C(/Br)C(=O)OBr. The lowest BCUT2D eigenvalue weighted by Crippen LogP contribution is -2.13. The second kappa shape index (κ2) is 10.6. The Hall–Kier alpha value is -0.360. The molecule has 0 aliphatic heterocycles. The van der Waals surface area contributed by atoms with Crippen molar-refractivity contribution in [3.8, 4) is 0 Å². The molecule has 0 heterocycles. The lowest BCUT2D eigenvalue weighted by molar-refractivity contribution is -0.140. The lowest BCUT2D eigenvalue weighted by Gasteiger charge is -2.09. The average molecular weight is 386 g/mol. The molecule has 0 aliphatic rings. The fourth-order valence-electron chi connectivity index (χ4n) is 1.21. The number of hydrogen-bond acceptors (Lipinski definition) is 4. The van der Waals surface area contributed by atoms with Crippen molar-refractivity contribution in [2.24, 2.45) is 0 Å². The Bertz CT molecular complexity index is 313. The van der Waals surface area contributed by atoms with E-state index in [-0.39, 0.29) is 4.48 Å². The molecule has 0 N–H and O–H groups in total. The van der Waals surface area contributed by atoms with Gasteiger partial charge in [-0.1, -0.05) is 26.7 Å². The van der Waals surface area contributed by atoms with Crippen LogP contribution in [-0.4, -0.2) is 18.5 Å². The van der Waals surface area contributed by atoms with Gasteiger partial charge in [0.15, 0.2) is 16.3 Å². The van der Waals surface area contributed by atoms with Crippen LogP contribution in [0.15, 0.2) is 10.1 Å². The van der Waals surface area contributed by atoms with Crippen LogP contribution >= 0.6 is 32.2 Å². The predicted octanol–water partition coefficient (Wildman–Crippen LogP) is 4.02. The van der Waals surface area contributed by atoms with Crippen LogP contribution in [0.25, 0.3) is 0 Å². The maximum atomic E-state index is 11.9. The Kier molecular flexibility index (Phi) is 10.3. The second-order valence-corrected chi connectivity index (χ2v) is 4.87. The van der Waals surface area contributed by atoms with E-state index in [2.05, 4.69) is 36.0 Å². The molecular formula is C12H18Br2O4. The van der Waals surface area contributed by atoms with Gasteiger partial charge in [-0.15, -0.1) is 0 Å². The Morgan fingerprint density at radius 3 is 2.17 bits per heavy atom. The van der Waals surface area contributed by atoms with Gasteiger partial charge in [0.1, 0.15) is 4.48 Å². The molecule has 0 spiro atoms. The summed E-state index contributed by atoms with van der Waals surface area (Å²) >= 11 is 5.68. The van der Waals surface area contributed by atoms with Gasteiger partial charge in [0.2, 0.25) is 0 Å². The van der Waals surface area contributed by atoms with Gasteiger partial charge in [0.25, 0.3) is 0 Å². The molecule has 104 valence electrons. The van der Waals surface area contributed by atoms with E-state index >= 15 is 0 Å². The summed E-state index contributed by atoms with van der Waals surface area (Å²) in [6.07, 6.45) is 3.99. The summed E-state index contributed by atoms with van der Waals surface area (Å²) < 4.78 is 9.64. The quantitative estimate of drug-likeness (QED) is 0.359. The van der Waals surface area contributed by atoms with Gasteiger partial charge >= 0.3 is 11.9 Å². The third kappa shape index (κ3) is 6.54. The zero-order valence-corrected chi connectivity index (χ0v) is 13.8. The van der Waals surface area contributed by atoms with Crippen LogP contribution in [0.5, 0.6) is 0 Å². The highest BCUT2D eigenvalue weighted by atomic mass is 79.9. The number of ether oxygens (including phenoxy) is 1. The standard InChI is InChI=1S/C12H18Br2O4/c1-3-5-7-9(10(13)12(16)18-14)11(15)17-8-6-4-2/h3-8H2,1-2H3/b10-9+. The molecule has 0 aliphatic carbocycles. The number of carbonyl (C=O) groups is 2. The summed E-state index contributed by atoms with van der Waals surface area (Å²) in [5, 5.41) is 0. The molecular weight excluding hydrogens is 368 g/mol. The lowest BCUT2D eigenvalue weighted by atomic mass is 10.1. The second-order valence-electron chi connectivity index (χ2n) is 3.75. The minimum absolute atomic E-state index is 0.120. The first-order valence-corrected chi connectivity index (χ1v) is 7.41. The topological polar surface area (TPSA) is 52.6 Å². The highest BCUT2D eigenvalue weighted by molar-refractivity contribution is 9.12. The monoisotopic (exact) mass is 384 g/mol. The summed E-state index contributed by atoms with van der Waals surface area (Å²) in [5.41, 5.74) is 0.331. The fraction of sp³-hybridized carbons (Fsp3) is 0.667. The number of halogens is 2. The zero-order chi connectivity index (χ0) is 14.0. The van der Waals surface area contributed by atoms with E-state index in [9.17, 15) is 9.59 Å². The van der Waals surface area contributed by atoms with Gasteiger partial charge in [0.05, 0.1) is 12.2 Å². The highest BCUT2D eigenvalue weighted by Crippen LogP contribution is 2.21. The summed E-state index contributed by atoms with van der Waals surface area (Å²) in [4.78, 5) is 23.2. The van der Waals surface area contributed by atoms with E-state index in [0.717, 1.165) is 25.7 Å². The molecule has 4 nitrogen and oxygen atoms in total. The van der Waals surface area contributed by atoms with Crippen LogP contribution in [0.4, 0.5) is 0 Å². The molecule has 0 fully saturated rings. The van der Waals surface area contributed by atoms with Crippen LogP contribution in [0, 0.1) is 0 Å². The average Bonchev–Trinajstić information content (AvgIpc) is 2.38. The molecule has 0 atom stereocenters. The molecule has 0 unspecified atom stereocenters. The highest BCUT2D eigenvalue weighted by Gasteiger charge is 2.20. The Balaban J connectivity index is 4.75. The molecule has 0 saturated carbocycles. The summed E-state index contributed by atoms with van der Waals surface area (Å²) in [7, 11) is 0. The van der Waals surface area contributed by atoms with E-state index < -0.39 is 11.9 Å². The van der Waals surface area contributed by atoms with Gasteiger partial charge in [-0.3, -0.25) is 0 Å². The van der Waals surface area contributed by atoms with Crippen molar-refractivity contribution in [1.82, 2.24) is 0 Å². The molecule has 0 saturated heterocycles. The smallest absolute Gasteiger partial charge is 0.357 e. The van der Waals surface area contributed by atoms with E-state index in [0.29, 0.717) is 18.6 Å². The van der Waals surface area contributed by atoms with Crippen molar-refractivity contribution in [1.29, 1.82) is 0 Å². The van der Waals surface area contributed by atoms with Crippen molar-refractivity contribution in [3.05, 3.63) is 10.1 Å². The molecule has 0 aromatic carbocycles. The maximum Gasteiger partial charge on any atom is 0.357 e. The van der Waals surface area contributed by atoms with Gasteiger partial charge in [-0.25, -0.2) is 9.59 Å². The largest absolute Gasteiger partial charge is 0.462 e. The number of carbonyl (C=O) groups excluding carboxylic acids is 2. The Morgan fingerprint density at radius 1 is 1.06 bits per heavy atom. The minimum Gasteiger partial charge on any atom is -0.462 e. The van der Waals surface area contributed by atoms with Gasteiger partial charge in [0, 0.05) is 0 Å². The van der Waals surface area contributed by atoms with Crippen LogP contribution in [0.1, 0.15) is 46.0 Å². The van der Waals surface area contributed by atoms with E-state index in [1.54, 1.807) is 0 Å². The summed E-state index contributed by atoms with van der Waals surface area (Å²) in [5.74, 6) is -1.09. The summed E-state index contributed by atoms with van der Waals surface area (Å²) in [6.45, 7) is 4.39. The number of unbranched alkanes of at least 4 members (excludes halogenated alkanes) is 2. The molecule has 0 amide bonds. The van der Waals surface area contributed by atoms with Crippen molar-refractivity contribution < 1.29 is 18.2 Å². The van der Waals surface area contributed by atoms with Gasteiger partial charge in [-0.05, 0) is 35.2 Å². The van der Waals surface area contributed by atoms with Crippen molar-refractivity contribution in [2.75, 3.05) is 6.61 Å². The Labute approximate surface area is 125 Å². The normalized spacial score (nSPS) is 11.8. The van der Waals surface area contributed by atoms with Crippen LogP contribution < -0.4 is 0 Å². The molecule has 18 heavy (non-hydrogen) atoms. The minimum atomic E-state index is -0.631. The van der Waals surface area contributed by atoms with E-state index in [1.807, 2.05) is 13.8 Å². The van der Waals surface area contributed by atoms with Crippen LogP contribution in [0.2, 0.25) is 0 Å². The third-order valence-corrected chi connectivity index (χ3v) is 3.37. The molecule has 0 radical (unpaired) electrons. The molecule has 0 aromatic heterocycles. The molecule has 0 bridgehead atoms. The molecule has 6 heteroatoms. The summed E-state index contributed by atoms with van der Waals surface area (Å²) in [6, 6.07) is 0. The first kappa shape index (κ1) is 17.6. The first-order chi connectivity index (χ1) is 8.58. The van der Waals surface area contributed by atoms with Crippen molar-refractivity contribution >= 4 is 44.1 Å². The van der Waals surface area contributed by atoms with Crippen LogP contribution in [0.3, 0.4) is 0 Å². The van der Waals surface area contributed by atoms with E-state index in [1.165, 1.54) is 0 Å². The number of rotatable bonds is 8. The predicted molar refractivity (Wildman–Crippen MR) is 76.4 cm³/mol. The van der Waals surface area contributed by atoms with Crippen molar-refractivity contribution in [3.63, 3.8) is 0 Å². The first-order valence-electron chi connectivity index (χ1n) is 5.97.